The molecule has 6 nitrogen and oxygen atoms in total. The fourth-order valence-corrected chi connectivity index (χ4v) is 4.03. The van der Waals surface area contributed by atoms with Gasteiger partial charge in [0.15, 0.2) is 0 Å². The van der Waals surface area contributed by atoms with Crippen molar-refractivity contribution < 1.29 is 18.3 Å². The Morgan fingerprint density at radius 1 is 1.30 bits per heavy atom. The molecule has 0 spiro atoms. The Balaban J connectivity index is 1.69. The lowest BCUT2D eigenvalue weighted by molar-refractivity contribution is 0.0862. The topological polar surface area (TPSA) is 48.9 Å². The molecule has 2 fully saturated rings. The Kier molecular flexibility index (Phi) is 4.24. The highest BCUT2D eigenvalue weighted by Crippen LogP contribution is 2.40. The lowest BCUT2D eigenvalue weighted by atomic mass is 9.98. The second-order valence-electron chi connectivity index (χ2n) is 8.13. The molecule has 0 saturated carbocycles. The molecule has 0 unspecified atom stereocenters. The third kappa shape index (κ3) is 3.21. The molecule has 0 bridgehead atoms. The van der Waals surface area contributed by atoms with Crippen molar-refractivity contribution >= 4 is 11.8 Å². The number of alkyl halides is 2. The minimum absolute atomic E-state index is 0.241. The van der Waals surface area contributed by atoms with E-state index >= 15 is 0 Å². The highest BCUT2D eigenvalue weighted by molar-refractivity contribution is 5.74. The molecule has 2 saturated heterocycles. The van der Waals surface area contributed by atoms with Crippen LogP contribution in [0.3, 0.4) is 0 Å². The number of allylic oxidation sites excluding steroid dienone is 1. The van der Waals surface area contributed by atoms with E-state index < -0.39 is 12.0 Å². The molecule has 4 heterocycles. The van der Waals surface area contributed by atoms with Crippen molar-refractivity contribution in [2.75, 3.05) is 24.6 Å². The third-order valence-electron chi connectivity index (χ3n) is 5.33. The summed E-state index contributed by atoms with van der Waals surface area (Å²) in [6.07, 6.45) is 0.340. The normalized spacial score (nSPS) is 24.7. The summed E-state index contributed by atoms with van der Waals surface area (Å²) in [5.74, 6) is 0.481. The molecule has 146 valence electrons. The molecule has 1 amide bonds. The summed E-state index contributed by atoms with van der Waals surface area (Å²) in [6, 6.07) is 3.16. The van der Waals surface area contributed by atoms with E-state index in [1.165, 1.54) is 12.3 Å². The number of carbonyl (C=O) groups is 1. The molecule has 0 N–H and O–H groups in total. The molecule has 3 aliphatic heterocycles. The summed E-state index contributed by atoms with van der Waals surface area (Å²) in [5.41, 5.74) is 1.87. The van der Waals surface area contributed by atoms with Crippen molar-refractivity contribution in [1.82, 2.24) is 14.9 Å². The van der Waals surface area contributed by atoms with E-state index in [9.17, 15) is 13.6 Å². The van der Waals surface area contributed by atoms with Gasteiger partial charge in [-0.05, 0) is 44.7 Å². The van der Waals surface area contributed by atoms with E-state index in [0.29, 0.717) is 24.7 Å². The standard InChI is InChI=1S/C19H24F2N4O2/c1-12-4-5-15-16(23-11-19(2,3)27-18(23)26)10-24(25(15)9-12)13-6-7-22-14(8-13)17(20)21/h6-8,12,17H,4-5,9-11H2,1-3H3/t12-/m0/s1. The number of fused-ring (bicyclic) bond motifs is 1. The Morgan fingerprint density at radius 2 is 2.07 bits per heavy atom. The molecule has 3 aliphatic rings. The molecule has 8 heteroatoms. The van der Waals surface area contributed by atoms with Crippen molar-refractivity contribution in [3.8, 4) is 0 Å². The summed E-state index contributed by atoms with van der Waals surface area (Å²) >= 11 is 0. The van der Waals surface area contributed by atoms with Gasteiger partial charge in [-0.15, -0.1) is 0 Å². The Morgan fingerprint density at radius 3 is 2.74 bits per heavy atom. The van der Waals surface area contributed by atoms with E-state index in [0.717, 1.165) is 30.8 Å². The fraction of sp³-hybridized carbons (Fsp3) is 0.579. The molecule has 0 aromatic carbocycles. The van der Waals surface area contributed by atoms with Crippen molar-refractivity contribution in [1.29, 1.82) is 0 Å². The zero-order valence-corrected chi connectivity index (χ0v) is 15.8. The highest BCUT2D eigenvalue weighted by Gasteiger charge is 2.44. The number of hydrogen-bond donors (Lipinski definition) is 0. The average molecular weight is 378 g/mol. The maximum absolute atomic E-state index is 13.1. The molecule has 0 radical (unpaired) electrons. The first-order valence-electron chi connectivity index (χ1n) is 9.27. The number of amides is 1. The van der Waals surface area contributed by atoms with Gasteiger partial charge in [0.2, 0.25) is 0 Å². The van der Waals surface area contributed by atoms with Crippen molar-refractivity contribution in [2.24, 2.45) is 5.92 Å². The van der Waals surface area contributed by atoms with Crippen LogP contribution in [0, 0.1) is 5.92 Å². The van der Waals surface area contributed by atoms with Crippen LogP contribution in [0.15, 0.2) is 29.7 Å². The van der Waals surface area contributed by atoms with Gasteiger partial charge in [0.1, 0.15) is 11.3 Å². The monoisotopic (exact) mass is 378 g/mol. The predicted molar refractivity (Wildman–Crippen MR) is 95.9 cm³/mol. The quantitative estimate of drug-likeness (QED) is 0.798. The van der Waals surface area contributed by atoms with Gasteiger partial charge in [0.25, 0.3) is 6.43 Å². The van der Waals surface area contributed by atoms with Crippen LogP contribution in [0.2, 0.25) is 0 Å². The third-order valence-corrected chi connectivity index (χ3v) is 5.33. The lowest BCUT2D eigenvalue weighted by Crippen LogP contribution is -2.42. The van der Waals surface area contributed by atoms with Crippen LogP contribution >= 0.6 is 0 Å². The summed E-state index contributed by atoms with van der Waals surface area (Å²) in [4.78, 5) is 17.9. The Bertz CT molecular complexity index is 796. The molecule has 4 rings (SSSR count). The lowest BCUT2D eigenvalue weighted by Gasteiger charge is -2.38. The number of anilines is 1. The number of nitrogens with zero attached hydrogens (tertiary/aromatic N) is 4. The van der Waals surface area contributed by atoms with Crippen LogP contribution in [0.4, 0.5) is 19.3 Å². The van der Waals surface area contributed by atoms with Crippen LogP contribution in [0.25, 0.3) is 0 Å². The number of hydrazine groups is 1. The van der Waals surface area contributed by atoms with Gasteiger partial charge in [-0.3, -0.25) is 19.9 Å². The molecule has 27 heavy (non-hydrogen) atoms. The summed E-state index contributed by atoms with van der Waals surface area (Å²) < 4.78 is 31.7. The van der Waals surface area contributed by atoms with Crippen LogP contribution < -0.4 is 5.01 Å². The Labute approximate surface area is 157 Å². The van der Waals surface area contributed by atoms with Gasteiger partial charge in [-0.2, -0.15) is 0 Å². The number of aromatic nitrogens is 1. The fourth-order valence-electron chi connectivity index (χ4n) is 4.03. The van der Waals surface area contributed by atoms with Crippen molar-refractivity contribution in [3.63, 3.8) is 0 Å². The van der Waals surface area contributed by atoms with E-state index in [2.05, 4.69) is 16.9 Å². The minimum atomic E-state index is -2.62. The first-order valence-corrected chi connectivity index (χ1v) is 9.27. The number of pyridine rings is 1. The van der Waals surface area contributed by atoms with Crippen LogP contribution in [0.5, 0.6) is 0 Å². The van der Waals surface area contributed by atoms with Crippen molar-refractivity contribution in [3.05, 3.63) is 35.4 Å². The molecule has 1 aromatic heterocycles. The number of rotatable bonds is 3. The maximum Gasteiger partial charge on any atom is 0.414 e. The SMILES string of the molecule is C[C@H]1CCC2=C(N3CC(C)(C)OC3=O)CN(c3ccnc(C(F)F)c3)N2C1. The van der Waals surface area contributed by atoms with E-state index in [-0.39, 0.29) is 11.8 Å². The summed E-state index contributed by atoms with van der Waals surface area (Å²) in [5, 5.41) is 4.11. The minimum Gasteiger partial charge on any atom is -0.441 e. The van der Waals surface area contributed by atoms with Gasteiger partial charge in [0.05, 0.1) is 30.2 Å². The van der Waals surface area contributed by atoms with Crippen molar-refractivity contribution in [2.45, 2.75) is 45.6 Å². The predicted octanol–water partition coefficient (Wildman–Crippen LogP) is 3.93. The van der Waals surface area contributed by atoms with Gasteiger partial charge in [-0.25, -0.2) is 13.6 Å². The average Bonchev–Trinajstić information content (AvgIpc) is 3.10. The molecular formula is C19H24F2N4O2. The molecular weight excluding hydrogens is 354 g/mol. The second-order valence-corrected chi connectivity index (χ2v) is 8.13. The highest BCUT2D eigenvalue weighted by atomic mass is 19.3. The maximum atomic E-state index is 13.1. The van der Waals surface area contributed by atoms with Gasteiger partial charge < -0.3 is 4.74 Å². The summed E-state index contributed by atoms with van der Waals surface area (Å²) in [7, 11) is 0. The molecule has 1 atom stereocenters. The van der Waals surface area contributed by atoms with E-state index in [1.54, 1.807) is 11.0 Å². The largest absolute Gasteiger partial charge is 0.441 e. The van der Waals surface area contributed by atoms with Gasteiger partial charge in [-0.1, -0.05) is 6.92 Å². The van der Waals surface area contributed by atoms with Gasteiger partial charge >= 0.3 is 6.09 Å². The number of carbonyl (C=O) groups excluding carboxylic acids is 1. The van der Waals surface area contributed by atoms with Crippen LogP contribution in [0.1, 0.15) is 45.7 Å². The molecule has 0 aliphatic carbocycles. The van der Waals surface area contributed by atoms with Gasteiger partial charge in [0, 0.05) is 12.7 Å². The Hall–Kier alpha value is -2.38. The van der Waals surface area contributed by atoms with Crippen LogP contribution in [-0.2, 0) is 4.74 Å². The zero-order valence-electron chi connectivity index (χ0n) is 15.8. The number of cyclic esters (lactones) is 1. The molecule has 1 aromatic rings. The van der Waals surface area contributed by atoms with E-state index in [1.807, 2.05) is 18.9 Å². The second kappa shape index (κ2) is 6.35. The number of piperidine rings is 1. The number of halogens is 2. The van der Waals surface area contributed by atoms with E-state index in [4.69, 9.17) is 4.74 Å². The summed E-state index contributed by atoms with van der Waals surface area (Å²) in [6.45, 7) is 7.69. The first kappa shape index (κ1) is 18.0. The van der Waals surface area contributed by atoms with Crippen LogP contribution in [-0.4, -0.2) is 46.2 Å². The number of ether oxygens (including phenoxy) is 1. The first-order chi connectivity index (χ1) is 12.7. The number of hydrogen-bond acceptors (Lipinski definition) is 5. The smallest absolute Gasteiger partial charge is 0.414 e. The zero-order chi connectivity index (χ0) is 19.3.